The van der Waals surface area contributed by atoms with Crippen molar-refractivity contribution in [2.75, 3.05) is 33.4 Å². The van der Waals surface area contributed by atoms with Crippen LogP contribution in [-0.2, 0) is 4.74 Å². The molecule has 1 rings (SSSR count). The minimum Gasteiger partial charge on any atom is -0.384 e. The number of hydrogen-bond acceptors (Lipinski definition) is 3. The zero-order chi connectivity index (χ0) is 12.0. The third kappa shape index (κ3) is 4.04. The molecule has 0 spiro atoms. The molecule has 0 aromatic carbocycles. The second-order valence-electron chi connectivity index (χ2n) is 5.02. The number of methoxy groups -OCH3 is 1. The fourth-order valence-corrected chi connectivity index (χ4v) is 2.57. The van der Waals surface area contributed by atoms with Crippen LogP contribution in [0.2, 0.25) is 0 Å². The van der Waals surface area contributed by atoms with Crippen molar-refractivity contribution in [1.29, 1.82) is 0 Å². The van der Waals surface area contributed by atoms with Crippen LogP contribution >= 0.6 is 0 Å². The highest BCUT2D eigenvalue weighted by molar-refractivity contribution is 4.81. The summed E-state index contributed by atoms with van der Waals surface area (Å²) < 4.78 is 5.23. The van der Waals surface area contributed by atoms with Crippen LogP contribution in [0.1, 0.15) is 33.6 Å². The van der Waals surface area contributed by atoms with Crippen molar-refractivity contribution in [2.24, 2.45) is 5.92 Å². The summed E-state index contributed by atoms with van der Waals surface area (Å²) in [6.45, 7) is 11.2. The lowest BCUT2D eigenvalue weighted by atomic mass is 9.95. The zero-order valence-electron chi connectivity index (χ0n) is 11.3. The Morgan fingerprint density at radius 2 is 1.94 bits per heavy atom. The van der Waals surface area contributed by atoms with Gasteiger partial charge in [-0.3, -0.25) is 4.90 Å². The number of rotatable bonds is 6. The molecule has 3 nitrogen and oxygen atoms in total. The van der Waals surface area contributed by atoms with E-state index in [0.717, 1.165) is 19.1 Å². The van der Waals surface area contributed by atoms with E-state index in [-0.39, 0.29) is 0 Å². The van der Waals surface area contributed by atoms with Crippen molar-refractivity contribution in [1.82, 2.24) is 10.2 Å². The molecule has 1 N–H and O–H groups in total. The van der Waals surface area contributed by atoms with E-state index < -0.39 is 0 Å². The van der Waals surface area contributed by atoms with E-state index in [1.165, 1.54) is 25.9 Å². The van der Waals surface area contributed by atoms with Gasteiger partial charge in [-0.2, -0.15) is 0 Å². The molecule has 0 saturated carbocycles. The van der Waals surface area contributed by atoms with Gasteiger partial charge in [-0.05, 0) is 52.2 Å². The first kappa shape index (κ1) is 13.9. The Morgan fingerprint density at radius 3 is 2.44 bits per heavy atom. The van der Waals surface area contributed by atoms with Crippen LogP contribution in [0.15, 0.2) is 0 Å². The first-order valence-corrected chi connectivity index (χ1v) is 6.65. The Labute approximate surface area is 101 Å². The Morgan fingerprint density at radius 1 is 1.31 bits per heavy atom. The molecule has 96 valence electrons. The standard InChI is InChI=1S/C13H28N2O/c1-5-14-11(2)12(3)15-8-6-13(7-9-15)10-16-4/h11-14H,5-10H2,1-4H3. The molecule has 2 unspecified atom stereocenters. The van der Waals surface area contributed by atoms with Crippen molar-refractivity contribution in [2.45, 2.75) is 45.7 Å². The van der Waals surface area contributed by atoms with Crippen LogP contribution in [0.4, 0.5) is 0 Å². The Hall–Kier alpha value is -0.120. The van der Waals surface area contributed by atoms with E-state index in [2.05, 4.69) is 31.0 Å². The molecule has 1 aliphatic heterocycles. The predicted octanol–water partition coefficient (Wildman–Crippen LogP) is 1.73. The fourth-order valence-electron chi connectivity index (χ4n) is 2.57. The fraction of sp³-hybridized carbons (Fsp3) is 1.00. The Balaban J connectivity index is 2.29. The minimum absolute atomic E-state index is 0.587. The van der Waals surface area contributed by atoms with Crippen LogP contribution in [0.5, 0.6) is 0 Å². The van der Waals surface area contributed by atoms with Crippen molar-refractivity contribution >= 4 is 0 Å². The second kappa shape index (κ2) is 7.25. The summed E-state index contributed by atoms with van der Waals surface area (Å²) in [6, 6.07) is 1.23. The molecule has 0 aromatic rings. The highest BCUT2D eigenvalue weighted by Gasteiger charge is 2.25. The number of likely N-dealkylation sites (N-methyl/N-ethyl adjacent to an activating group) is 1. The molecule has 16 heavy (non-hydrogen) atoms. The number of likely N-dealkylation sites (tertiary alicyclic amines) is 1. The van der Waals surface area contributed by atoms with Gasteiger partial charge in [-0.25, -0.2) is 0 Å². The molecule has 1 saturated heterocycles. The van der Waals surface area contributed by atoms with E-state index >= 15 is 0 Å². The highest BCUT2D eigenvalue weighted by Crippen LogP contribution is 2.20. The molecular formula is C13H28N2O. The zero-order valence-corrected chi connectivity index (χ0v) is 11.3. The van der Waals surface area contributed by atoms with Gasteiger partial charge in [0.15, 0.2) is 0 Å². The number of nitrogens with zero attached hydrogens (tertiary/aromatic N) is 1. The van der Waals surface area contributed by atoms with Gasteiger partial charge in [-0.15, -0.1) is 0 Å². The van der Waals surface area contributed by atoms with E-state index in [9.17, 15) is 0 Å². The molecule has 0 bridgehead atoms. The molecule has 1 aliphatic rings. The van der Waals surface area contributed by atoms with E-state index in [1.807, 2.05) is 7.11 Å². The van der Waals surface area contributed by atoms with Gasteiger partial charge in [0, 0.05) is 25.8 Å². The molecule has 0 aliphatic carbocycles. The summed E-state index contributed by atoms with van der Waals surface area (Å²) in [7, 11) is 1.81. The van der Waals surface area contributed by atoms with Crippen LogP contribution in [0.3, 0.4) is 0 Å². The molecule has 1 fully saturated rings. The van der Waals surface area contributed by atoms with Crippen LogP contribution < -0.4 is 5.32 Å². The lowest BCUT2D eigenvalue weighted by Crippen LogP contribution is -2.49. The molecule has 2 atom stereocenters. The maximum atomic E-state index is 5.23. The quantitative estimate of drug-likeness (QED) is 0.749. The molecule has 0 amide bonds. The summed E-state index contributed by atoms with van der Waals surface area (Å²) in [6.07, 6.45) is 2.58. The lowest BCUT2D eigenvalue weighted by Gasteiger charge is -2.38. The average molecular weight is 228 g/mol. The average Bonchev–Trinajstić information content (AvgIpc) is 2.30. The lowest BCUT2D eigenvalue weighted by molar-refractivity contribution is 0.0751. The molecule has 0 radical (unpaired) electrons. The largest absolute Gasteiger partial charge is 0.384 e. The Kier molecular flexibility index (Phi) is 6.32. The van der Waals surface area contributed by atoms with Crippen molar-refractivity contribution in [3.63, 3.8) is 0 Å². The first-order chi connectivity index (χ1) is 7.69. The smallest absolute Gasteiger partial charge is 0.0491 e. The normalized spacial score (nSPS) is 23.2. The van der Waals surface area contributed by atoms with Gasteiger partial charge in [-0.1, -0.05) is 6.92 Å². The second-order valence-corrected chi connectivity index (χ2v) is 5.02. The topological polar surface area (TPSA) is 24.5 Å². The molecule has 0 aromatic heterocycles. The summed E-state index contributed by atoms with van der Waals surface area (Å²) >= 11 is 0. The molecule has 1 heterocycles. The minimum atomic E-state index is 0.587. The van der Waals surface area contributed by atoms with E-state index in [1.54, 1.807) is 0 Å². The van der Waals surface area contributed by atoms with E-state index in [0.29, 0.717) is 12.1 Å². The van der Waals surface area contributed by atoms with E-state index in [4.69, 9.17) is 4.74 Å². The highest BCUT2D eigenvalue weighted by atomic mass is 16.5. The number of ether oxygens (including phenoxy) is 1. The van der Waals surface area contributed by atoms with Crippen molar-refractivity contribution in [3.05, 3.63) is 0 Å². The first-order valence-electron chi connectivity index (χ1n) is 6.65. The van der Waals surface area contributed by atoms with Gasteiger partial charge < -0.3 is 10.1 Å². The molecular weight excluding hydrogens is 200 g/mol. The summed E-state index contributed by atoms with van der Waals surface area (Å²) in [4.78, 5) is 2.61. The van der Waals surface area contributed by atoms with Crippen LogP contribution in [-0.4, -0.2) is 50.3 Å². The predicted molar refractivity (Wildman–Crippen MR) is 68.8 cm³/mol. The van der Waals surface area contributed by atoms with Gasteiger partial charge in [0.05, 0.1) is 0 Å². The van der Waals surface area contributed by atoms with Gasteiger partial charge in [0.25, 0.3) is 0 Å². The van der Waals surface area contributed by atoms with Gasteiger partial charge in [0.1, 0.15) is 0 Å². The maximum absolute atomic E-state index is 5.23. The van der Waals surface area contributed by atoms with Crippen molar-refractivity contribution in [3.8, 4) is 0 Å². The van der Waals surface area contributed by atoms with Crippen LogP contribution in [0, 0.1) is 5.92 Å². The maximum Gasteiger partial charge on any atom is 0.0491 e. The summed E-state index contributed by atoms with van der Waals surface area (Å²) in [5.41, 5.74) is 0. The van der Waals surface area contributed by atoms with Gasteiger partial charge in [0.2, 0.25) is 0 Å². The van der Waals surface area contributed by atoms with Gasteiger partial charge >= 0.3 is 0 Å². The number of piperidine rings is 1. The summed E-state index contributed by atoms with van der Waals surface area (Å²) in [5, 5.41) is 3.51. The monoisotopic (exact) mass is 228 g/mol. The molecule has 3 heteroatoms. The number of hydrogen-bond donors (Lipinski definition) is 1. The van der Waals surface area contributed by atoms with Crippen LogP contribution in [0.25, 0.3) is 0 Å². The SMILES string of the molecule is CCNC(C)C(C)N1CCC(COC)CC1. The Bertz CT molecular complexity index is 179. The summed E-state index contributed by atoms with van der Waals surface area (Å²) in [5.74, 6) is 0.780. The van der Waals surface area contributed by atoms with Crippen molar-refractivity contribution < 1.29 is 4.74 Å². The number of nitrogens with one attached hydrogen (secondary N) is 1. The third-order valence-corrected chi connectivity index (χ3v) is 3.88. The third-order valence-electron chi connectivity index (χ3n) is 3.88.